The van der Waals surface area contributed by atoms with Gasteiger partial charge >= 0.3 is 5.97 Å². The van der Waals surface area contributed by atoms with Crippen molar-refractivity contribution >= 4 is 17.3 Å². The van der Waals surface area contributed by atoms with E-state index in [2.05, 4.69) is 17.2 Å². The standard InChI is InChI=1S/C10H16N2O2S/c1-7-8(2)15-9(12-7)6-11-5-3-4-10(13)14/h11H,3-6H2,1-2H3,(H,13,14). The fourth-order valence-electron chi connectivity index (χ4n) is 1.17. The van der Waals surface area contributed by atoms with Crippen LogP contribution < -0.4 is 5.32 Å². The molecule has 1 aromatic rings. The van der Waals surface area contributed by atoms with Gasteiger partial charge in [0.25, 0.3) is 0 Å². The van der Waals surface area contributed by atoms with Crippen LogP contribution in [0.3, 0.4) is 0 Å². The zero-order chi connectivity index (χ0) is 11.3. The van der Waals surface area contributed by atoms with Crippen LogP contribution in [0.5, 0.6) is 0 Å². The Morgan fingerprint density at radius 1 is 1.53 bits per heavy atom. The normalized spacial score (nSPS) is 10.5. The van der Waals surface area contributed by atoms with Gasteiger partial charge in [0, 0.05) is 17.8 Å². The molecule has 0 radical (unpaired) electrons. The lowest BCUT2D eigenvalue weighted by Crippen LogP contribution is -2.15. The van der Waals surface area contributed by atoms with E-state index in [0.29, 0.717) is 6.42 Å². The van der Waals surface area contributed by atoms with Gasteiger partial charge in [-0.2, -0.15) is 0 Å². The number of rotatable bonds is 6. The van der Waals surface area contributed by atoms with Gasteiger partial charge in [-0.15, -0.1) is 11.3 Å². The number of aliphatic carboxylic acids is 1. The first-order valence-corrected chi connectivity index (χ1v) is 5.76. The topological polar surface area (TPSA) is 62.2 Å². The van der Waals surface area contributed by atoms with Crippen LogP contribution in [0.25, 0.3) is 0 Å². The van der Waals surface area contributed by atoms with Gasteiger partial charge in [-0.1, -0.05) is 0 Å². The second-order valence-electron chi connectivity index (χ2n) is 3.42. The molecule has 0 unspecified atom stereocenters. The third-order valence-corrected chi connectivity index (χ3v) is 3.17. The van der Waals surface area contributed by atoms with Crippen molar-refractivity contribution in [3.8, 4) is 0 Å². The molecule has 0 aliphatic rings. The summed E-state index contributed by atoms with van der Waals surface area (Å²) in [6.45, 7) is 5.52. The largest absolute Gasteiger partial charge is 0.481 e. The molecular weight excluding hydrogens is 212 g/mol. The maximum atomic E-state index is 10.2. The monoisotopic (exact) mass is 228 g/mol. The molecule has 5 heteroatoms. The number of nitrogens with zero attached hydrogens (tertiary/aromatic N) is 1. The third-order valence-electron chi connectivity index (χ3n) is 2.09. The Labute approximate surface area is 93.4 Å². The summed E-state index contributed by atoms with van der Waals surface area (Å²) in [5.41, 5.74) is 1.09. The lowest BCUT2D eigenvalue weighted by atomic mass is 10.3. The molecule has 0 spiro atoms. The molecule has 1 aromatic heterocycles. The molecule has 4 nitrogen and oxygen atoms in total. The minimum Gasteiger partial charge on any atom is -0.481 e. The molecule has 2 N–H and O–H groups in total. The summed E-state index contributed by atoms with van der Waals surface area (Å²) in [4.78, 5) is 15.9. The summed E-state index contributed by atoms with van der Waals surface area (Å²) in [6, 6.07) is 0. The number of nitrogens with one attached hydrogen (secondary N) is 1. The first-order chi connectivity index (χ1) is 7.09. The van der Waals surface area contributed by atoms with Crippen molar-refractivity contribution < 1.29 is 9.90 Å². The smallest absolute Gasteiger partial charge is 0.303 e. The zero-order valence-corrected chi connectivity index (χ0v) is 9.86. The Hall–Kier alpha value is -0.940. The summed E-state index contributed by atoms with van der Waals surface area (Å²) in [7, 11) is 0. The number of hydrogen-bond donors (Lipinski definition) is 2. The van der Waals surface area contributed by atoms with E-state index in [0.717, 1.165) is 23.8 Å². The second-order valence-corrected chi connectivity index (χ2v) is 4.71. The van der Waals surface area contributed by atoms with Gasteiger partial charge in [-0.05, 0) is 26.8 Å². The molecule has 1 rings (SSSR count). The highest BCUT2D eigenvalue weighted by atomic mass is 32.1. The Bertz CT molecular complexity index is 317. The molecule has 0 atom stereocenters. The van der Waals surface area contributed by atoms with Crippen molar-refractivity contribution in [2.45, 2.75) is 33.2 Å². The van der Waals surface area contributed by atoms with Gasteiger partial charge in [-0.3, -0.25) is 4.79 Å². The number of aromatic nitrogens is 1. The molecule has 0 amide bonds. The minimum atomic E-state index is -0.738. The zero-order valence-electron chi connectivity index (χ0n) is 9.04. The van der Waals surface area contributed by atoms with Gasteiger partial charge in [0.2, 0.25) is 0 Å². The van der Waals surface area contributed by atoms with Crippen LogP contribution in [0, 0.1) is 13.8 Å². The molecule has 0 bridgehead atoms. The van der Waals surface area contributed by atoms with Crippen molar-refractivity contribution in [1.82, 2.24) is 10.3 Å². The number of carboxylic acids is 1. The van der Waals surface area contributed by atoms with Gasteiger partial charge in [-0.25, -0.2) is 4.98 Å². The quantitative estimate of drug-likeness (QED) is 0.728. The summed E-state index contributed by atoms with van der Waals surface area (Å²) < 4.78 is 0. The molecule has 1 heterocycles. The van der Waals surface area contributed by atoms with Gasteiger partial charge in [0.15, 0.2) is 0 Å². The fraction of sp³-hybridized carbons (Fsp3) is 0.600. The van der Waals surface area contributed by atoms with E-state index < -0.39 is 5.97 Å². The van der Waals surface area contributed by atoms with Crippen molar-refractivity contribution in [2.75, 3.05) is 6.54 Å². The van der Waals surface area contributed by atoms with Crippen LogP contribution in [-0.4, -0.2) is 22.6 Å². The number of carboxylic acid groups (broad SMARTS) is 1. The van der Waals surface area contributed by atoms with Gasteiger partial charge in [0.1, 0.15) is 5.01 Å². The number of thiazole rings is 1. The van der Waals surface area contributed by atoms with E-state index in [1.165, 1.54) is 4.88 Å². The van der Waals surface area contributed by atoms with Crippen LogP contribution >= 0.6 is 11.3 Å². The Morgan fingerprint density at radius 2 is 2.27 bits per heavy atom. The van der Waals surface area contributed by atoms with E-state index in [-0.39, 0.29) is 6.42 Å². The summed E-state index contributed by atoms with van der Waals surface area (Å²) in [6.07, 6.45) is 0.890. The Kier molecular flexibility index (Phi) is 4.71. The van der Waals surface area contributed by atoms with Crippen molar-refractivity contribution in [3.05, 3.63) is 15.6 Å². The molecule has 84 valence electrons. The van der Waals surface area contributed by atoms with Crippen molar-refractivity contribution in [1.29, 1.82) is 0 Å². The van der Waals surface area contributed by atoms with Crippen LogP contribution in [-0.2, 0) is 11.3 Å². The van der Waals surface area contributed by atoms with Crippen LogP contribution in [0.2, 0.25) is 0 Å². The highest BCUT2D eigenvalue weighted by Gasteiger charge is 2.02. The van der Waals surface area contributed by atoms with E-state index in [4.69, 9.17) is 5.11 Å². The second kappa shape index (κ2) is 5.82. The maximum Gasteiger partial charge on any atom is 0.303 e. The molecule has 0 aliphatic carbocycles. The highest BCUT2D eigenvalue weighted by Crippen LogP contribution is 2.15. The molecular formula is C10H16N2O2S. The summed E-state index contributed by atoms with van der Waals surface area (Å²) >= 11 is 1.69. The molecule has 0 aliphatic heterocycles. The third kappa shape index (κ3) is 4.40. The predicted molar refractivity (Wildman–Crippen MR) is 60.2 cm³/mol. The van der Waals surface area contributed by atoms with Gasteiger partial charge in [0.05, 0.1) is 5.69 Å². The molecule has 0 aromatic carbocycles. The SMILES string of the molecule is Cc1nc(CNCCCC(=O)O)sc1C. The number of aryl methyl sites for hydroxylation is 2. The molecule has 15 heavy (non-hydrogen) atoms. The number of hydrogen-bond acceptors (Lipinski definition) is 4. The highest BCUT2D eigenvalue weighted by molar-refractivity contribution is 7.11. The van der Waals surface area contributed by atoms with E-state index in [1.807, 2.05) is 6.92 Å². The molecule has 0 saturated carbocycles. The maximum absolute atomic E-state index is 10.2. The van der Waals surface area contributed by atoms with E-state index >= 15 is 0 Å². The van der Waals surface area contributed by atoms with Crippen molar-refractivity contribution in [3.63, 3.8) is 0 Å². The van der Waals surface area contributed by atoms with Crippen LogP contribution in [0.15, 0.2) is 0 Å². The Morgan fingerprint density at radius 3 is 2.80 bits per heavy atom. The minimum absolute atomic E-state index is 0.225. The van der Waals surface area contributed by atoms with E-state index in [1.54, 1.807) is 11.3 Å². The van der Waals surface area contributed by atoms with Gasteiger partial charge < -0.3 is 10.4 Å². The molecule has 0 saturated heterocycles. The predicted octanol–water partition coefficient (Wildman–Crippen LogP) is 1.71. The fourth-order valence-corrected chi connectivity index (χ4v) is 2.08. The Balaban J connectivity index is 2.18. The lowest BCUT2D eigenvalue weighted by molar-refractivity contribution is -0.137. The first-order valence-electron chi connectivity index (χ1n) is 4.95. The average Bonchev–Trinajstić information content (AvgIpc) is 2.45. The summed E-state index contributed by atoms with van der Waals surface area (Å²) in [5.74, 6) is -0.738. The van der Waals surface area contributed by atoms with Crippen LogP contribution in [0.1, 0.15) is 28.4 Å². The molecule has 0 fully saturated rings. The van der Waals surface area contributed by atoms with Crippen LogP contribution in [0.4, 0.5) is 0 Å². The lowest BCUT2D eigenvalue weighted by Gasteiger charge is -1.99. The first kappa shape index (κ1) is 12.1. The average molecular weight is 228 g/mol. The number of carbonyl (C=O) groups is 1. The summed E-state index contributed by atoms with van der Waals surface area (Å²) in [5, 5.41) is 12.7. The van der Waals surface area contributed by atoms with E-state index in [9.17, 15) is 4.79 Å². The van der Waals surface area contributed by atoms with Crippen molar-refractivity contribution in [2.24, 2.45) is 0 Å².